The summed E-state index contributed by atoms with van der Waals surface area (Å²) in [6.45, 7) is 12.0. The normalized spacial score (nSPS) is 31.8. The Morgan fingerprint density at radius 1 is 1.12 bits per heavy atom. The number of anilines is 1. The average Bonchev–Trinajstić information content (AvgIpc) is 3.04. The molecule has 176 valence electrons. The van der Waals surface area contributed by atoms with Gasteiger partial charge in [-0.3, -0.25) is 15.0 Å². The highest BCUT2D eigenvalue weighted by atomic mass is 16.1. The minimum atomic E-state index is 0.323. The Morgan fingerprint density at radius 3 is 2.47 bits per heavy atom. The molecule has 5 rings (SSSR count). The van der Waals surface area contributed by atoms with Gasteiger partial charge in [-0.25, -0.2) is 9.97 Å². The Bertz CT molecular complexity index is 770. The number of piperazine rings is 1. The maximum Gasteiger partial charge on any atom is 0.226 e. The molecule has 2 bridgehead atoms. The molecule has 0 spiro atoms. The molecule has 3 aliphatic heterocycles. The number of likely N-dealkylation sites (tertiary alicyclic amines) is 1. The predicted molar refractivity (Wildman–Crippen MR) is 127 cm³/mol. The van der Waals surface area contributed by atoms with Gasteiger partial charge in [0.1, 0.15) is 5.78 Å². The number of hydrogen-bond donors (Lipinski definition) is 1. The summed E-state index contributed by atoms with van der Waals surface area (Å²) in [6.07, 6.45) is 10.8. The van der Waals surface area contributed by atoms with Gasteiger partial charge in [0.2, 0.25) is 5.95 Å². The first-order valence-corrected chi connectivity index (χ1v) is 12.8. The van der Waals surface area contributed by atoms with Crippen LogP contribution in [0.25, 0.3) is 0 Å². The number of Topliss-reactive ketones (excluding diaryl/α,β-unsaturated/α-hetero) is 1. The van der Waals surface area contributed by atoms with Crippen molar-refractivity contribution in [1.29, 1.82) is 0 Å². The number of carbonyl (C=O) groups is 1. The third kappa shape index (κ3) is 4.44. The predicted octanol–water partition coefficient (Wildman–Crippen LogP) is 2.63. The molecule has 0 amide bonds. The van der Waals surface area contributed by atoms with E-state index in [0.29, 0.717) is 48.3 Å². The van der Waals surface area contributed by atoms with Gasteiger partial charge in [-0.05, 0) is 70.0 Å². The van der Waals surface area contributed by atoms with Gasteiger partial charge in [0.05, 0.1) is 12.2 Å². The van der Waals surface area contributed by atoms with Crippen molar-refractivity contribution in [3.05, 3.63) is 18.0 Å². The largest absolute Gasteiger partial charge is 0.318 e. The van der Waals surface area contributed by atoms with Gasteiger partial charge in [-0.1, -0.05) is 6.92 Å². The molecule has 1 aromatic rings. The molecular weight excluding hydrogens is 400 g/mol. The molecule has 4 heterocycles. The second-order valence-corrected chi connectivity index (χ2v) is 10.7. The summed E-state index contributed by atoms with van der Waals surface area (Å²) < 4.78 is 0. The molecule has 2 unspecified atom stereocenters. The van der Waals surface area contributed by atoms with Gasteiger partial charge < -0.3 is 9.80 Å². The van der Waals surface area contributed by atoms with Crippen LogP contribution in [0.2, 0.25) is 0 Å². The summed E-state index contributed by atoms with van der Waals surface area (Å²) in [5.41, 5.74) is 1.30. The number of carbonyl (C=O) groups excluding carboxylic acids is 1. The number of piperidine rings is 1. The van der Waals surface area contributed by atoms with E-state index in [1.165, 1.54) is 31.2 Å². The maximum atomic E-state index is 11.7. The highest BCUT2D eigenvalue weighted by Crippen LogP contribution is 2.38. The monoisotopic (exact) mass is 440 g/mol. The number of nitrogens with zero attached hydrogens (tertiary/aromatic N) is 5. The molecule has 32 heavy (non-hydrogen) atoms. The van der Waals surface area contributed by atoms with Crippen LogP contribution < -0.4 is 10.2 Å². The molecule has 1 aromatic heterocycles. The third-order valence-electron chi connectivity index (χ3n) is 8.43. The number of aromatic nitrogens is 2. The van der Waals surface area contributed by atoms with E-state index in [4.69, 9.17) is 9.97 Å². The minimum Gasteiger partial charge on any atom is -0.318 e. The van der Waals surface area contributed by atoms with E-state index >= 15 is 0 Å². The molecule has 7 nitrogen and oxygen atoms in total. The van der Waals surface area contributed by atoms with E-state index in [9.17, 15) is 4.79 Å². The number of fused-ring (bicyclic) bond motifs is 2. The summed E-state index contributed by atoms with van der Waals surface area (Å²) in [4.78, 5) is 28.9. The van der Waals surface area contributed by atoms with Crippen LogP contribution in [0.1, 0.15) is 70.8 Å². The van der Waals surface area contributed by atoms with E-state index in [0.717, 1.165) is 45.1 Å². The SMILES string of the molecule is CCC(=O)CC1CC(N2CCC(c3cnc(N4C5CNC4CN(C(C)C)C5)nc3)CC2)C1. The highest BCUT2D eigenvalue weighted by Gasteiger charge is 2.42. The van der Waals surface area contributed by atoms with Gasteiger partial charge in [-0.15, -0.1) is 0 Å². The van der Waals surface area contributed by atoms with Crippen LogP contribution in [0.3, 0.4) is 0 Å². The fourth-order valence-corrected chi connectivity index (χ4v) is 6.22. The second kappa shape index (κ2) is 9.35. The summed E-state index contributed by atoms with van der Waals surface area (Å²) in [6, 6.07) is 1.75. The first-order valence-electron chi connectivity index (χ1n) is 12.8. The van der Waals surface area contributed by atoms with Crippen molar-refractivity contribution in [2.45, 2.75) is 89.5 Å². The molecule has 2 atom stereocenters. The smallest absolute Gasteiger partial charge is 0.226 e. The molecule has 1 N–H and O–H groups in total. The Morgan fingerprint density at radius 2 is 1.84 bits per heavy atom. The Balaban J connectivity index is 1.12. The third-order valence-corrected chi connectivity index (χ3v) is 8.43. The van der Waals surface area contributed by atoms with Gasteiger partial charge in [0.15, 0.2) is 0 Å². The lowest BCUT2D eigenvalue weighted by molar-refractivity contribution is -0.120. The van der Waals surface area contributed by atoms with Gasteiger partial charge in [0, 0.05) is 57.0 Å². The zero-order chi connectivity index (χ0) is 22.2. The van der Waals surface area contributed by atoms with E-state index in [-0.39, 0.29) is 0 Å². The molecule has 4 aliphatic rings. The zero-order valence-electron chi connectivity index (χ0n) is 20.0. The van der Waals surface area contributed by atoms with Gasteiger partial charge in [0.25, 0.3) is 0 Å². The van der Waals surface area contributed by atoms with Crippen molar-refractivity contribution >= 4 is 11.7 Å². The van der Waals surface area contributed by atoms with Crippen molar-refractivity contribution in [3.63, 3.8) is 0 Å². The number of nitrogens with one attached hydrogen (secondary N) is 1. The van der Waals surface area contributed by atoms with E-state index < -0.39 is 0 Å². The van der Waals surface area contributed by atoms with Crippen molar-refractivity contribution in [3.8, 4) is 0 Å². The first-order chi connectivity index (χ1) is 15.5. The number of hydrogen-bond acceptors (Lipinski definition) is 7. The lowest BCUT2D eigenvalue weighted by Gasteiger charge is -2.45. The average molecular weight is 441 g/mol. The quantitative estimate of drug-likeness (QED) is 0.699. The topological polar surface area (TPSA) is 64.6 Å². The summed E-state index contributed by atoms with van der Waals surface area (Å²) in [5.74, 6) is 2.53. The summed E-state index contributed by atoms with van der Waals surface area (Å²) >= 11 is 0. The fourth-order valence-electron chi connectivity index (χ4n) is 6.22. The Labute approximate surface area is 193 Å². The van der Waals surface area contributed by atoms with Crippen LogP contribution in [0.5, 0.6) is 0 Å². The van der Waals surface area contributed by atoms with Crippen LogP contribution in [0.4, 0.5) is 5.95 Å². The molecular formula is C25H40N6O. The van der Waals surface area contributed by atoms with Crippen molar-refractivity contribution < 1.29 is 4.79 Å². The van der Waals surface area contributed by atoms with Crippen LogP contribution in [0, 0.1) is 5.92 Å². The van der Waals surface area contributed by atoms with Crippen LogP contribution in [-0.2, 0) is 4.79 Å². The minimum absolute atomic E-state index is 0.323. The number of ketones is 1. The van der Waals surface area contributed by atoms with Crippen LogP contribution >= 0.6 is 0 Å². The summed E-state index contributed by atoms with van der Waals surface area (Å²) in [5, 5.41) is 3.65. The standard InChI is InChI=1S/C25H40N6O/c1-4-23(32)11-18-9-21(10-18)29-7-5-19(6-8-29)20-12-27-25(28-13-20)31-22-14-26-24(31)16-30(15-22)17(2)3/h12-13,17-19,21-22,24,26H,4-11,14-16H2,1-3H3. The molecule has 0 aromatic carbocycles. The van der Waals surface area contributed by atoms with Crippen LogP contribution in [-0.4, -0.2) is 82.6 Å². The molecule has 4 fully saturated rings. The first kappa shape index (κ1) is 22.2. The molecule has 1 aliphatic carbocycles. The van der Waals surface area contributed by atoms with Crippen molar-refractivity contribution in [2.24, 2.45) is 5.92 Å². The second-order valence-electron chi connectivity index (χ2n) is 10.7. The molecule has 7 heteroatoms. The van der Waals surface area contributed by atoms with Crippen molar-refractivity contribution in [2.75, 3.05) is 37.6 Å². The Hall–Kier alpha value is -1.57. The maximum absolute atomic E-state index is 11.7. The van der Waals surface area contributed by atoms with E-state index in [1.54, 1.807) is 0 Å². The van der Waals surface area contributed by atoms with Gasteiger partial charge >= 0.3 is 0 Å². The highest BCUT2D eigenvalue weighted by molar-refractivity contribution is 5.78. The number of rotatable bonds is 7. The lowest BCUT2D eigenvalue weighted by Crippen LogP contribution is -2.57. The van der Waals surface area contributed by atoms with Crippen LogP contribution in [0.15, 0.2) is 12.4 Å². The zero-order valence-corrected chi connectivity index (χ0v) is 20.0. The lowest BCUT2D eigenvalue weighted by atomic mass is 9.75. The molecule has 0 radical (unpaired) electrons. The van der Waals surface area contributed by atoms with Gasteiger partial charge in [-0.2, -0.15) is 0 Å². The summed E-state index contributed by atoms with van der Waals surface area (Å²) in [7, 11) is 0. The fraction of sp³-hybridized carbons (Fsp3) is 0.800. The molecule has 3 saturated heterocycles. The van der Waals surface area contributed by atoms with Crippen molar-refractivity contribution in [1.82, 2.24) is 25.1 Å². The van der Waals surface area contributed by atoms with E-state index in [2.05, 4.69) is 46.3 Å². The Kier molecular flexibility index (Phi) is 6.50. The van der Waals surface area contributed by atoms with E-state index in [1.807, 2.05) is 6.92 Å². The molecule has 1 saturated carbocycles.